The Morgan fingerprint density at radius 1 is 1.24 bits per heavy atom. The van der Waals surface area contributed by atoms with E-state index in [-0.39, 0.29) is 0 Å². The van der Waals surface area contributed by atoms with E-state index in [1.165, 1.54) is 6.07 Å². The van der Waals surface area contributed by atoms with E-state index in [1.807, 2.05) is 0 Å². The van der Waals surface area contributed by atoms with E-state index < -0.39 is 11.7 Å². The third kappa shape index (κ3) is 2.46. The number of rotatable bonds is 1. The first-order valence-corrected chi connectivity index (χ1v) is 4.99. The maximum atomic E-state index is 12.6. The minimum Gasteiger partial charge on any atom is -0.261 e. The normalized spacial score (nSPS) is 11.5. The Bertz CT molecular complexity index is 532. The number of alkyl halides is 3. The van der Waals surface area contributed by atoms with E-state index >= 15 is 0 Å². The molecule has 87 valence electrons. The first kappa shape index (κ1) is 11.6. The molecule has 0 atom stereocenters. The summed E-state index contributed by atoms with van der Waals surface area (Å²) in [4.78, 5) is 4.05. The van der Waals surface area contributed by atoms with Gasteiger partial charge in [0.25, 0.3) is 0 Å². The molecule has 0 fully saturated rings. The lowest BCUT2D eigenvalue weighted by molar-refractivity contribution is -0.137. The van der Waals surface area contributed by atoms with Gasteiger partial charge in [0.1, 0.15) is 0 Å². The lowest BCUT2D eigenvalue weighted by Gasteiger charge is -2.09. The highest BCUT2D eigenvalue weighted by Crippen LogP contribution is 2.32. The summed E-state index contributed by atoms with van der Waals surface area (Å²) in [6, 6.07) is 9.60. The lowest BCUT2D eigenvalue weighted by atomic mass is 10.0. The van der Waals surface area contributed by atoms with Gasteiger partial charge in [-0.15, -0.1) is 0 Å². The average Bonchev–Trinajstić information content (AvgIpc) is 2.29. The minimum atomic E-state index is -4.33. The molecule has 0 N–H and O–H groups in total. The zero-order chi connectivity index (χ0) is 12.5. The van der Waals surface area contributed by atoms with Gasteiger partial charge in [-0.3, -0.25) is 4.98 Å². The number of aromatic nitrogens is 1. The van der Waals surface area contributed by atoms with Crippen LogP contribution in [0.25, 0.3) is 11.1 Å². The monoisotopic (exact) mass is 236 g/mol. The molecule has 0 saturated heterocycles. The molecule has 1 radical (unpaired) electrons. The Morgan fingerprint density at radius 2 is 2.00 bits per heavy atom. The van der Waals surface area contributed by atoms with Crippen molar-refractivity contribution in [3.8, 4) is 11.1 Å². The molecule has 0 aliphatic carbocycles. The Morgan fingerprint density at radius 3 is 2.65 bits per heavy atom. The van der Waals surface area contributed by atoms with Crippen molar-refractivity contribution in [2.24, 2.45) is 0 Å². The molecule has 0 aliphatic heterocycles. The smallest absolute Gasteiger partial charge is 0.261 e. The molecule has 1 aromatic heterocycles. The van der Waals surface area contributed by atoms with E-state index in [0.717, 1.165) is 12.1 Å². The highest BCUT2D eigenvalue weighted by molar-refractivity contribution is 5.65. The molecule has 0 unspecified atom stereocenters. The summed E-state index contributed by atoms with van der Waals surface area (Å²) in [6.45, 7) is 1.75. The molecular formula is C13H9F3N. The number of nitrogens with zero attached hydrogens (tertiary/aromatic N) is 1. The third-order valence-corrected chi connectivity index (χ3v) is 2.43. The molecule has 1 aromatic carbocycles. The van der Waals surface area contributed by atoms with Crippen LogP contribution >= 0.6 is 0 Å². The van der Waals surface area contributed by atoms with Crippen molar-refractivity contribution >= 4 is 0 Å². The summed E-state index contributed by atoms with van der Waals surface area (Å²) in [5, 5.41) is 0. The van der Waals surface area contributed by atoms with Crippen molar-refractivity contribution in [3.63, 3.8) is 0 Å². The standard InChI is InChI=1S/C13H9F3N/c1-9-12(6-3-7-17-9)10-4-2-5-11(8-10)13(14,15)16/h2-3,5-8H,1H3. The molecule has 1 nitrogen and oxygen atoms in total. The molecular weight excluding hydrogens is 227 g/mol. The van der Waals surface area contributed by atoms with Gasteiger partial charge in [0.05, 0.1) is 5.56 Å². The van der Waals surface area contributed by atoms with Crippen molar-refractivity contribution in [3.05, 3.63) is 53.9 Å². The van der Waals surface area contributed by atoms with Crippen LogP contribution in [0.4, 0.5) is 13.2 Å². The molecule has 1 heterocycles. The molecule has 0 spiro atoms. The Labute approximate surface area is 96.9 Å². The van der Waals surface area contributed by atoms with Gasteiger partial charge in [-0.05, 0) is 36.8 Å². The number of hydrogen-bond acceptors (Lipinski definition) is 1. The summed E-state index contributed by atoms with van der Waals surface area (Å²) >= 11 is 0. The van der Waals surface area contributed by atoms with E-state index in [0.29, 0.717) is 16.8 Å². The van der Waals surface area contributed by atoms with Crippen LogP contribution in [-0.2, 0) is 6.18 Å². The lowest BCUT2D eigenvalue weighted by Crippen LogP contribution is -2.04. The van der Waals surface area contributed by atoms with E-state index in [9.17, 15) is 13.2 Å². The van der Waals surface area contributed by atoms with Gasteiger partial charge in [-0.2, -0.15) is 13.2 Å². The zero-order valence-electron chi connectivity index (χ0n) is 9.05. The average molecular weight is 236 g/mol. The number of hydrogen-bond donors (Lipinski definition) is 0. The van der Waals surface area contributed by atoms with E-state index in [4.69, 9.17) is 0 Å². The van der Waals surface area contributed by atoms with Gasteiger partial charge in [0.2, 0.25) is 0 Å². The van der Waals surface area contributed by atoms with E-state index in [2.05, 4.69) is 11.1 Å². The van der Waals surface area contributed by atoms with Crippen molar-refractivity contribution in [1.29, 1.82) is 0 Å². The second-order valence-corrected chi connectivity index (χ2v) is 3.63. The molecule has 2 rings (SSSR count). The van der Waals surface area contributed by atoms with Gasteiger partial charge in [-0.1, -0.05) is 12.1 Å². The van der Waals surface area contributed by atoms with Crippen LogP contribution in [0.1, 0.15) is 11.3 Å². The quantitative estimate of drug-likeness (QED) is 0.732. The number of halogens is 3. The van der Waals surface area contributed by atoms with Crippen LogP contribution in [0.5, 0.6) is 0 Å². The Hall–Kier alpha value is -1.84. The molecule has 17 heavy (non-hydrogen) atoms. The van der Waals surface area contributed by atoms with Gasteiger partial charge in [0.15, 0.2) is 0 Å². The van der Waals surface area contributed by atoms with Crippen LogP contribution < -0.4 is 0 Å². The SMILES string of the molecule is Cc1ncccc1-c1[c]ccc(C(F)(F)F)c1. The summed E-state index contributed by atoms with van der Waals surface area (Å²) in [5.41, 5.74) is 1.08. The topological polar surface area (TPSA) is 12.9 Å². The van der Waals surface area contributed by atoms with Crippen molar-refractivity contribution < 1.29 is 13.2 Å². The summed E-state index contributed by atoms with van der Waals surface area (Å²) in [7, 11) is 0. The molecule has 0 saturated carbocycles. The highest BCUT2D eigenvalue weighted by Gasteiger charge is 2.30. The van der Waals surface area contributed by atoms with Crippen molar-refractivity contribution in [1.82, 2.24) is 4.98 Å². The van der Waals surface area contributed by atoms with Gasteiger partial charge < -0.3 is 0 Å². The highest BCUT2D eigenvalue weighted by atomic mass is 19.4. The second-order valence-electron chi connectivity index (χ2n) is 3.63. The number of aryl methyl sites for hydroxylation is 1. The van der Waals surface area contributed by atoms with Crippen LogP contribution in [0.2, 0.25) is 0 Å². The number of benzene rings is 1. The van der Waals surface area contributed by atoms with Crippen molar-refractivity contribution in [2.75, 3.05) is 0 Å². The fourth-order valence-corrected chi connectivity index (χ4v) is 1.57. The summed E-state index contributed by atoms with van der Waals surface area (Å²) in [5.74, 6) is 0. The van der Waals surface area contributed by atoms with Gasteiger partial charge in [-0.25, -0.2) is 0 Å². The zero-order valence-corrected chi connectivity index (χ0v) is 9.05. The first-order chi connectivity index (χ1) is 7.98. The fourth-order valence-electron chi connectivity index (χ4n) is 1.57. The number of pyridine rings is 1. The Kier molecular flexibility index (Phi) is 2.88. The van der Waals surface area contributed by atoms with Gasteiger partial charge >= 0.3 is 6.18 Å². The van der Waals surface area contributed by atoms with Crippen LogP contribution in [0.3, 0.4) is 0 Å². The van der Waals surface area contributed by atoms with Crippen molar-refractivity contribution in [2.45, 2.75) is 13.1 Å². The molecule has 0 aliphatic rings. The predicted octanol–water partition coefficient (Wildman–Crippen LogP) is 3.88. The fraction of sp³-hybridized carbons (Fsp3) is 0.154. The van der Waals surface area contributed by atoms with Crippen LogP contribution in [0, 0.1) is 13.0 Å². The maximum Gasteiger partial charge on any atom is 0.416 e. The molecule has 2 aromatic rings. The predicted molar refractivity (Wildman–Crippen MR) is 58.2 cm³/mol. The van der Waals surface area contributed by atoms with Crippen LogP contribution in [0.15, 0.2) is 36.5 Å². The molecule has 4 heteroatoms. The second kappa shape index (κ2) is 4.20. The maximum absolute atomic E-state index is 12.6. The molecule has 0 amide bonds. The van der Waals surface area contributed by atoms with Gasteiger partial charge in [0, 0.05) is 17.5 Å². The third-order valence-electron chi connectivity index (χ3n) is 2.43. The van der Waals surface area contributed by atoms with E-state index in [1.54, 1.807) is 25.3 Å². The summed E-state index contributed by atoms with van der Waals surface area (Å²) in [6.07, 6.45) is -2.73. The largest absolute Gasteiger partial charge is 0.416 e. The minimum absolute atomic E-state index is 0.408. The first-order valence-electron chi connectivity index (χ1n) is 4.99. The summed E-state index contributed by atoms with van der Waals surface area (Å²) < 4.78 is 37.7. The van der Waals surface area contributed by atoms with Crippen LogP contribution in [-0.4, -0.2) is 4.98 Å². The molecule has 0 bridgehead atoms. The Balaban J connectivity index is 2.51.